The number of benzene rings is 2. The summed E-state index contributed by atoms with van der Waals surface area (Å²) in [5.74, 6) is -0.735. The number of ether oxygens (including phenoxy) is 1. The van der Waals surface area contributed by atoms with Gasteiger partial charge in [-0.25, -0.2) is 4.39 Å². The minimum Gasteiger partial charge on any atom is -0.484 e. The summed E-state index contributed by atoms with van der Waals surface area (Å²) in [6.07, 6.45) is 0. The van der Waals surface area contributed by atoms with Crippen molar-refractivity contribution in [2.24, 2.45) is 0 Å². The molecule has 0 aliphatic carbocycles. The number of amides is 2. The first-order valence-electron chi connectivity index (χ1n) is 7.12. The highest BCUT2D eigenvalue weighted by molar-refractivity contribution is 6.30. The molecule has 0 atom stereocenters. The van der Waals surface area contributed by atoms with Crippen LogP contribution in [0.1, 0.15) is 0 Å². The summed E-state index contributed by atoms with van der Waals surface area (Å²) >= 11 is 5.76. The minimum absolute atomic E-state index is 0.167. The highest BCUT2D eigenvalue weighted by atomic mass is 35.5. The van der Waals surface area contributed by atoms with Gasteiger partial charge < -0.3 is 15.0 Å². The van der Waals surface area contributed by atoms with E-state index < -0.39 is 11.7 Å². The van der Waals surface area contributed by atoms with Gasteiger partial charge >= 0.3 is 0 Å². The second kappa shape index (κ2) is 8.31. The Labute approximate surface area is 144 Å². The molecule has 7 heteroatoms. The van der Waals surface area contributed by atoms with E-state index in [1.807, 2.05) is 0 Å². The molecule has 0 radical (unpaired) electrons. The maximum atomic E-state index is 13.1. The van der Waals surface area contributed by atoms with E-state index >= 15 is 0 Å². The van der Waals surface area contributed by atoms with Gasteiger partial charge in [-0.1, -0.05) is 17.7 Å². The SMILES string of the molecule is CN(CC(=O)Nc1cccc(F)c1)C(=O)COc1ccc(Cl)cc1. The molecule has 0 bridgehead atoms. The zero-order valence-electron chi connectivity index (χ0n) is 13.0. The lowest BCUT2D eigenvalue weighted by atomic mass is 10.3. The number of hydrogen-bond acceptors (Lipinski definition) is 3. The molecule has 0 heterocycles. The average molecular weight is 351 g/mol. The number of halogens is 2. The van der Waals surface area contributed by atoms with Crippen molar-refractivity contribution in [3.63, 3.8) is 0 Å². The van der Waals surface area contributed by atoms with Gasteiger partial charge in [0.05, 0.1) is 6.54 Å². The Morgan fingerprint density at radius 3 is 2.58 bits per heavy atom. The molecule has 0 aliphatic rings. The standard InChI is InChI=1S/C17H16ClFN2O3/c1-21(10-16(22)20-14-4-2-3-13(19)9-14)17(23)11-24-15-7-5-12(18)6-8-15/h2-9H,10-11H2,1H3,(H,20,22). The molecule has 0 aliphatic heterocycles. The molecular weight excluding hydrogens is 335 g/mol. The molecule has 5 nitrogen and oxygen atoms in total. The maximum Gasteiger partial charge on any atom is 0.260 e. The highest BCUT2D eigenvalue weighted by Gasteiger charge is 2.14. The van der Waals surface area contributed by atoms with Crippen LogP contribution in [-0.2, 0) is 9.59 Å². The third-order valence-electron chi connectivity index (χ3n) is 3.09. The summed E-state index contributed by atoms with van der Waals surface area (Å²) in [6, 6.07) is 12.1. The fourth-order valence-corrected chi connectivity index (χ4v) is 1.98. The van der Waals surface area contributed by atoms with E-state index in [2.05, 4.69) is 5.32 Å². The lowest BCUT2D eigenvalue weighted by molar-refractivity contribution is -0.135. The van der Waals surface area contributed by atoms with Crippen LogP contribution in [0.2, 0.25) is 5.02 Å². The second-order valence-electron chi connectivity index (χ2n) is 5.05. The molecule has 2 amide bonds. The van der Waals surface area contributed by atoms with E-state index in [0.717, 1.165) is 0 Å². The third-order valence-corrected chi connectivity index (χ3v) is 3.34. The molecule has 126 valence electrons. The molecule has 2 rings (SSSR count). The molecule has 0 spiro atoms. The van der Waals surface area contributed by atoms with Gasteiger partial charge in [-0.3, -0.25) is 9.59 Å². The Hall–Kier alpha value is -2.60. The smallest absolute Gasteiger partial charge is 0.260 e. The van der Waals surface area contributed by atoms with Gasteiger partial charge in [-0.05, 0) is 42.5 Å². The van der Waals surface area contributed by atoms with Crippen molar-refractivity contribution < 1.29 is 18.7 Å². The van der Waals surface area contributed by atoms with E-state index in [1.54, 1.807) is 30.3 Å². The predicted molar refractivity (Wildman–Crippen MR) is 89.6 cm³/mol. The van der Waals surface area contributed by atoms with Gasteiger partial charge in [0.1, 0.15) is 11.6 Å². The molecule has 2 aromatic carbocycles. The number of rotatable bonds is 6. The van der Waals surface area contributed by atoms with Crippen LogP contribution in [0.15, 0.2) is 48.5 Å². The zero-order valence-corrected chi connectivity index (χ0v) is 13.7. The van der Waals surface area contributed by atoms with Crippen molar-refractivity contribution in [3.05, 3.63) is 59.4 Å². The summed E-state index contributed by atoms with van der Waals surface area (Å²) < 4.78 is 18.4. The lowest BCUT2D eigenvalue weighted by Crippen LogP contribution is -2.37. The molecule has 0 saturated carbocycles. The Morgan fingerprint density at radius 2 is 1.92 bits per heavy atom. The number of carbonyl (C=O) groups is 2. The van der Waals surface area contributed by atoms with Gasteiger partial charge in [-0.2, -0.15) is 0 Å². The van der Waals surface area contributed by atoms with Crippen LogP contribution >= 0.6 is 11.6 Å². The van der Waals surface area contributed by atoms with Gasteiger partial charge in [0.25, 0.3) is 5.91 Å². The number of carbonyl (C=O) groups excluding carboxylic acids is 2. The fourth-order valence-electron chi connectivity index (χ4n) is 1.86. The van der Waals surface area contributed by atoms with Crippen LogP contribution in [0, 0.1) is 5.82 Å². The summed E-state index contributed by atoms with van der Waals surface area (Å²) in [5.41, 5.74) is 0.332. The van der Waals surface area contributed by atoms with Crippen LogP contribution in [0.25, 0.3) is 0 Å². The van der Waals surface area contributed by atoms with E-state index in [4.69, 9.17) is 16.3 Å². The van der Waals surface area contributed by atoms with Gasteiger partial charge in [0.2, 0.25) is 5.91 Å². The Bertz CT molecular complexity index is 722. The van der Waals surface area contributed by atoms with Crippen molar-refractivity contribution in [1.29, 1.82) is 0 Å². The largest absolute Gasteiger partial charge is 0.484 e. The van der Waals surface area contributed by atoms with Crippen molar-refractivity contribution in [2.45, 2.75) is 0 Å². The first-order chi connectivity index (χ1) is 11.4. The number of hydrogen-bond donors (Lipinski definition) is 1. The maximum absolute atomic E-state index is 13.1. The van der Waals surface area contributed by atoms with Crippen LogP contribution in [0.4, 0.5) is 10.1 Å². The van der Waals surface area contributed by atoms with Gasteiger partial charge in [-0.15, -0.1) is 0 Å². The Balaban J connectivity index is 1.80. The Kier molecular flexibility index (Phi) is 6.14. The molecule has 2 aromatic rings. The Morgan fingerprint density at radius 1 is 1.21 bits per heavy atom. The van der Waals surface area contributed by atoms with Crippen LogP contribution < -0.4 is 10.1 Å². The van der Waals surface area contributed by atoms with E-state index in [0.29, 0.717) is 16.5 Å². The van der Waals surface area contributed by atoms with E-state index in [9.17, 15) is 14.0 Å². The van der Waals surface area contributed by atoms with Crippen LogP contribution in [0.5, 0.6) is 5.75 Å². The molecule has 0 aromatic heterocycles. The van der Waals surface area contributed by atoms with Crippen molar-refractivity contribution in [1.82, 2.24) is 4.90 Å². The number of anilines is 1. The quantitative estimate of drug-likeness (QED) is 0.871. The van der Waals surface area contributed by atoms with Crippen LogP contribution in [-0.4, -0.2) is 36.9 Å². The van der Waals surface area contributed by atoms with E-state index in [-0.39, 0.29) is 19.1 Å². The third kappa shape index (κ3) is 5.55. The molecule has 0 unspecified atom stereocenters. The molecule has 0 saturated heterocycles. The lowest BCUT2D eigenvalue weighted by Gasteiger charge is -2.17. The first kappa shape index (κ1) is 17.7. The zero-order chi connectivity index (χ0) is 17.5. The normalized spacial score (nSPS) is 10.1. The van der Waals surface area contributed by atoms with Crippen LogP contribution in [0.3, 0.4) is 0 Å². The summed E-state index contributed by atoms with van der Waals surface area (Å²) in [7, 11) is 1.48. The molecular formula is C17H16ClFN2O3. The second-order valence-corrected chi connectivity index (χ2v) is 5.49. The number of likely N-dealkylation sites (N-methyl/N-ethyl adjacent to an activating group) is 1. The first-order valence-corrected chi connectivity index (χ1v) is 7.49. The summed E-state index contributed by atoms with van der Waals surface area (Å²) in [5, 5.41) is 3.09. The summed E-state index contributed by atoms with van der Waals surface area (Å²) in [6.45, 7) is -0.370. The molecule has 1 N–H and O–H groups in total. The van der Waals surface area contributed by atoms with Gasteiger partial charge in [0, 0.05) is 17.8 Å². The van der Waals surface area contributed by atoms with Crippen molar-refractivity contribution in [2.75, 3.05) is 25.5 Å². The predicted octanol–water partition coefficient (Wildman–Crippen LogP) is 2.96. The molecule has 0 fully saturated rings. The van der Waals surface area contributed by atoms with Crippen molar-refractivity contribution >= 4 is 29.1 Å². The number of nitrogens with zero attached hydrogens (tertiary/aromatic N) is 1. The summed E-state index contributed by atoms with van der Waals surface area (Å²) in [4.78, 5) is 25.1. The monoisotopic (exact) mass is 350 g/mol. The highest BCUT2D eigenvalue weighted by Crippen LogP contribution is 2.15. The van der Waals surface area contributed by atoms with Crippen molar-refractivity contribution in [3.8, 4) is 5.75 Å². The number of nitrogens with one attached hydrogen (secondary N) is 1. The minimum atomic E-state index is -0.450. The topological polar surface area (TPSA) is 58.6 Å². The molecule has 24 heavy (non-hydrogen) atoms. The van der Waals surface area contributed by atoms with E-state index in [1.165, 1.54) is 30.1 Å². The van der Waals surface area contributed by atoms with Gasteiger partial charge in [0.15, 0.2) is 6.61 Å². The average Bonchev–Trinajstić information content (AvgIpc) is 2.53. The fraction of sp³-hybridized carbons (Fsp3) is 0.176.